The van der Waals surface area contributed by atoms with Crippen LogP contribution in [0.5, 0.6) is 0 Å². The van der Waals surface area contributed by atoms with Gasteiger partial charge in [-0.05, 0) is 57.9 Å². The summed E-state index contributed by atoms with van der Waals surface area (Å²) in [6.07, 6.45) is 3.96. The van der Waals surface area contributed by atoms with E-state index in [1.807, 2.05) is 23.0 Å². The van der Waals surface area contributed by atoms with E-state index in [-0.39, 0.29) is 5.41 Å². The van der Waals surface area contributed by atoms with E-state index in [0.717, 1.165) is 38.8 Å². The lowest BCUT2D eigenvalue weighted by Gasteiger charge is -2.22. The van der Waals surface area contributed by atoms with Gasteiger partial charge in [-0.1, -0.05) is 35.4 Å². The molecule has 0 aliphatic carbocycles. The van der Waals surface area contributed by atoms with Crippen LogP contribution in [-0.2, 0) is 5.41 Å². The van der Waals surface area contributed by atoms with Crippen molar-refractivity contribution in [2.45, 2.75) is 40.0 Å². The Bertz CT molecular complexity index is 1060. The first-order valence-electron chi connectivity index (χ1n) is 8.80. The molecule has 2 heterocycles. The number of aromatic nitrogens is 2. The molecule has 0 radical (unpaired) electrons. The summed E-state index contributed by atoms with van der Waals surface area (Å²) in [5, 5.41) is 5.37. The molecule has 1 aromatic heterocycles. The van der Waals surface area contributed by atoms with Gasteiger partial charge in [-0.3, -0.25) is 4.99 Å². The molecule has 2 aromatic carbocycles. The van der Waals surface area contributed by atoms with Crippen molar-refractivity contribution < 1.29 is 0 Å². The molecule has 3 nitrogen and oxygen atoms in total. The van der Waals surface area contributed by atoms with Crippen LogP contribution in [0.1, 0.15) is 41.7 Å². The zero-order valence-electron chi connectivity index (χ0n) is 15.8. The molecule has 0 atom stereocenters. The Morgan fingerprint density at radius 1 is 1.00 bits per heavy atom. The van der Waals surface area contributed by atoms with Crippen molar-refractivity contribution in [1.29, 1.82) is 0 Å². The zero-order chi connectivity index (χ0) is 18.6. The number of fused-ring (bicyclic) bond motifs is 1. The monoisotopic (exact) mass is 363 g/mol. The minimum atomic E-state index is -0.255. The summed E-state index contributed by atoms with van der Waals surface area (Å²) in [6.45, 7) is 10.6. The first-order valence-corrected chi connectivity index (χ1v) is 9.18. The maximum atomic E-state index is 6.52. The van der Waals surface area contributed by atoms with E-state index in [1.165, 1.54) is 11.1 Å². The lowest BCUT2D eigenvalue weighted by Crippen LogP contribution is -2.26. The number of hydrogen-bond donors (Lipinski definition) is 0. The Morgan fingerprint density at radius 3 is 2.46 bits per heavy atom. The molecule has 0 N–H and O–H groups in total. The lowest BCUT2D eigenvalue weighted by molar-refractivity contribution is 0.737. The fraction of sp³-hybridized carbons (Fsp3) is 0.273. The largest absolute Gasteiger partial charge is 0.251 e. The van der Waals surface area contributed by atoms with Crippen LogP contribution in [0.3, 0.4) is 0 Å². The van der Waals surface area contributed by atoms with E-state index in [2.05, 4.69) is 64.1 Å². The van der Waals surface area contributed by atoms with E-state index in [9.17, 15) is 0 Å². The normalized spacial score (nSPS) is 15.1. The van der Waals surface area contributed by atoms with Crippen LogP contribution >= 0.6 is 11.6 Å². The van der Waals surface area contributed by atoms with Gasteiger partial charge in [-0.15, -0.1) is 0 Å². The maximum Gasteiger partial charge on any atom is 0.0719 e. The number of aliphatic imine (C=N–C) groups is 1. The first kappa shape index (κ1) is 17.0. The van der Waals surface area contributed by atoms with E-state index in [4.69, 9.17) is 16.6 Å². The van der Waals surface area contributed by atoms with E-state index >= 15 is 0 Å². The summed E-state index contributed by atoms with van der Waals surface area (Å²) >= 11 is 6.52. The van der Waals surface area contributed by atoms with Crippen molar-refractivity contribution in [3.8, 4) is 5.69 Å². The van der Waals surface area contributed by atoms with Gasteiger partial charge in [-0.2, -0.15) is 5.10 Å². The second-order valence-corrected chi connectivity index (χ2v) is 8.04. The van der Waals surface area contributed by atoms with Gasteiger partial charge in [0.2, 0.25) is 0 Å². The molecule has 3 aromatic rings. The van der Waals surface area contributed by atoms with Gasteiger partial charge in [0, 0.05) is 27.8 Å². The molecular weight excluding hydrogens is 342 g/mol. The molecule has 1 aliphatic rings. The van der Waals surface area contributed by atoms with Crippen LogP contribution < -0.4 is 0 Å². The Morgan fingerprint density at radius 2 is 1.77 bits per heavy atom. The van der Waals surface area contributed by atoms with Gasteiger partial charge < -0.3 is 0 Å². The molecule has 0 saturated carbocycles. The summed E-state index contributed by atoms with van der Waals surface area (Å²) in [6, 6.07) is 10.4. The maximum absolute atomic E-state index is 6.52. The molecule has 0 spiro atoms. The third kappa shape index (κ3) is 2.50. The number of aryl methyl sites for hydroxylation is 3. The molecular formula is C22H22ClN3. The molecule has 0 unspecified atom stereocenters. The summed E-state index contributed by atoms with van der Waals surface area (Å²) in [5.41, 5.74) is 8.58. The van der Waals surface area contributed by atoms with Gasteiger partial charge in [0.25, 0.3) is 0 Å². The molecule has 26 heavy (non-hydrogen) atoms. The average molecular weight is 364 g/mol. The first-order chi connectivity index (χ1) is 12.3. The SMILES string of the molecule is Cc1ccc(-n2cc(C3=Nc4c(C)ccc(Cl)c4C3(C)C)cn2)c(C)c1. The summed E-state index contributed by atoms with van der Waals surface area (Å²) in [4.78, 5) is 4.96. The van der Waals surface area contributed by atoms with Crippen molar-refractivity contribution in [3.05, 3.63) is 75.6 Å². The molecule has 0 bridgehead atoms. The summed E-state index contributed by atoms with van der Waals surface area (Å²) in [7, 11) is 0. The fourth-order valence-corrected chi connectivity index (χ4v) is 4.23. The third-order valence-corrected chi connectivity index (χ3v) is 5.54. The van der Waals surface area contributed by atoms with E-state index < -0.39 is 0 Å². The highest BCUT2D eigenvalue weighted by Crippen LogP contribution is 2.47. The quantitative estimate of drug-likeness (QED) is 0.560. The smallest absolute Gasteiger partial charge is 0.0719 e. The van der Waals surface area contributed by atoms with Gasteiger partial charge in [0.15, 0.2) is 0 Å². The van der Waals surface area contributed by atoms with Crippen molar-refractivity contribution in [3.63, 3.8) is 0 Å². The van der Waals surface area contributed by atoms with E-state index in [1.54, 1.807) is 0 Å². The Hall–Kier alpha value is -2.39. The van der Waals surface area contributed by atoms with Crippen molar-refractivity contribution in [1.82, 2.24) is 9.78 Å². The second kappa shape index (κ2) is 5.82. The Kier molecular flexibility index (Phi) is 3.81. The van der Waals surface area contributed by atoms with Gasteiger partial charge in [0.1, 0.15) is 0 Å². The van der Waals surface area contributed by atoms with Crippen LogP contribution in [0.25, 0.3) is 5.69 Å². The molecule has 4 heteroatoms. The van der Waals surface area contributed by atoms with Crippen molar-refractivity contribution in [2.24, 2.45) is 4.99 Å². The predicted molar refractivity (Wildman–Crippen MR) is 108 cm³/mol. The summed E-state index contributed by atoms with van der Waals surface area (Å²) in [5.74, 6) is 0. The highest BCUT2D eigenvalue weighted by atomic mass is 35.5. The average Bonchev–Trinajstić information content (AvgIpc) is 3.14. The standard InChI is InChI=1S/C22H22ClN3/c1-13-6-9-18(15(3)10-13)26-12-16(11-24-26)21-22(4,5)19-17(23)8-7-14(2)20(19)25-21/h6-12H,1-5H3. The highest BCUT2D eigenvalue weighted by molar-refractivity contribution is 6.33. The lowest BCUT2D eigenvalue weighted by atomic mass is 9.79. The molecule has 1 aliphatic heterocycles. The molecule has 0 saturated heterocycles. The molecule has 4 rings (SSSR count). The predicted octanol–water partition coefficient (Wildman–Crippen LogP) is 5.86. The molecule has 0 fully saturated rings. The van der Waals surface area contributed by atoms with Crippen molar-refractivity contribution in [2.75, 3.05) is 0 Å². The number of hydrogen-bond acceptors (Lipinski definition) is 2. The fourth-order valence-electron chi connectivity index (χ4n) is 3.84. The Labute approximate surface area is 159 Å². The zero-order valence-corrected chi connectivity index (χ0v) is 16.5. The number of nitrogens with zero attached hydrogens (tertiary/aromatic N) is 3. The topological polar surface area (TPSA) is 30.2 Å². The number of rotatable bonds is 2. The molecule has 132 valence electrons. The number of benzene rings is 2. The van der Waals surface area contributed by atoms with Crippen LogP contribution in [0.15, 0.2) is 47.7 Å². The second-order valence-electron chi connectivity index (χ2n) is 7.64. The third-order valence-electron chi connectivity index (χ3n) is 5.22. The van der Waals surface area contributed by atoms with Crippen LogP contribution in [0.2, 0.25) is 5.02 Å². The van der Waals surface area contributed by atoms with Gasteiger partial charge >= 0.3 is 0 Å². The Balaban J connectivity index is 1.81. The summed E-state index contributed by atoms with van der Waals surface area (Å²) < 4.78 is 1.93. The van der Waals surface area contributed by atoms with Crippen LogP contribution in [0, 0.1) is 20.8 Å². The minimum Gasteiger partial charge on any atom is -0.251 e. The highest BCUT2D eigenvalue weighted by Gasteiger charge is 2.38. The van der Waals surface area contributed by atoms with E-state index in [0.29, 0.717) is 0 Å². The van der Waals surface area contributed by atoms with Crippen LogP contribution in [-0.4, -0.2) is 15.5 Å². The van der Waals surface area contributed by atoms with Gasteiger partial charge in [0.05, 0.1) is 23.3 Å². The minimum absolute atomic E-state index is 0.255. The molecule has 0 amide bonds. The van der Waals surface area contributed by atoms with Crippen LogP contribution in [0.4, 0.5) is 5.69 Å². The van der Waals surface area contributed by atoms with Crippen molar-refractivity contribution >= 4 is 23.0 Å². The number of halogens is 1. The van der Waals surface area contributed by atoms with Gasteiger partial charge in [-0.25, -0.2) is 4.68 Å².